The third-order valence-electron chi connectivity index (χ3n) is 4.71. The van der Waals surface area contributed by atoms with Gasteiger partial charge in [-0.1, -0.05) is 25.1 Å². The first-order chi connectivity index (χ1) is 13.2. The van der Waals surface area contributed by atoms with Gasteiger partial charge < -0.3 is 15.4 Å². The number of carbonyl (C=O) groups is 1. The summed E-state index contributed by atoms with van der Waals surface area (Å²) in [5.41, 5.74) is 3.31. The van der Waals surface area contributed by atoms with Crippen LogP contribution in [0.25, 0.3) is 0 Å². The molecule has 27 heavy (non-hydrogen) atoms. The summed E-state index contributed by atoms with van der Waals surface area (Å²) >= 11 is 0. The third-order valence-corrected chi connectivity index (χ3v) is 4.71. The molecule has 0 bridgehead atoms. The number of aryl methyl sites for hydroxylation is 2. The van der Waals surface area contributed by atoms with Crippen LogP contribution in [0, 0.1) is 6.92 Å². The highest BCUT2D eigenvalue weighted by molar-refractivity contribution is 6.03. The number of nitrogens with one attached hydrogen (secondary N) is 2. The Morgan fingerprint density at radius 1 is 1.19 bits per heavy atom. The molecular weight excluding hydrogens is 342 g/mol. The largest absolute Gasteiger partial charge is 0.379 e. The van der Waals surface area contributed by atoms with Crippen molar-refractivity contribution in [2.75, 3.05) is 50.0 Å². The molecule has 2 heterocycles. The number of ether oxygens (including phenoxy) is 1. The Morgan fingerprint density at radius 3 is 2.70 bits per heavy atom. The smallest absolute Gasteiger partial charge is 0.276 e. The Labute approximate surface area is 160 Å². The molecule has 0 spiro atoms. The lowest BCUT2D eigenvalue weighted by molar-refractivity contribution is 0.0398. The van der Waals surface area contributed by atoms with Crippen LogP contribution in [0.4, 0.5) is 11.5 Å². The summed E-state index contributed by atoms with van der Waals surface area (Å²) < 4.78 is 5.34. The van der Waals surface area contributed by atoms with E-state index in [1.54, 1.807) is 12.1 Å². The van der Waals surface area contributed by atoms with Gasteiger partial charge in [0.25, 0.3) is 5.91 Å². The van der Waals surface area contributed by atoms with Crippen LogP contribution >= 0.6 is 0 Å². The highest BCUT2D eigenvalue weighted by atomic mass is 16.5. The first kappa shape index (κ1) is 19.3. The molecule has 7 nitrogen and oxygen atoms in total. The van der Waals surface area contributed by atoms with Gasteiger partial charge in [0.2, 0.25) is 0 Å². The lowest BCUT2D eigenvalue weighted by Crippen LogP contribution is -2.39. The summed E-state index contributed by atoms with van der Waals surface area (Å²) in [5, 5.41) is 14.4. The van der Waals surface area contributed by atoms with Crippen molar-refractivity contribution in [3.05, 3.63) is 47.2 Å². The number of carbonyl (C=O) groups excluding carboxylic acids is 1. The van der Waals surface area contributed by atoms with Crippen LogP contribution in [-0.2, 0) is 11.2 Å². The van der Waals surface area contributed by atoms with Crippen molar-refractivity contribution >= 4 is 17.4 Å². The van der Waals surface area contributed by atoms with Crippen LogP contribution in [0.3, 0.4) is 0 Å². The van der Waals surface area contributed by atoms with Gasteiger partial charge in [-0.15, -0.1) is 10.2 Å². The van der Waals surface area contributed by atoms with Gasteiger partial charge in [-0.25, -0.2) is 0 Å². The fourth-order valence-corrected chi connectivity index (χ4v) is 3.09. The van der Waals surface area contributed by atoms with E-state index >= 15 is 0 Å². The second kappa shape index (κ2) is 9.43. The molecule has 0 radical (unpaired) electrons. The van der Waals surface area contributed by atoms with E-state index in [1.807, 2.05) is 25.1 Å². The van der Waals surface area contributed by atoms with Crippen LogP contribution in [0.15, 0.2) is 30.3 Å². The summed E-state index contributed by atoms with van der Waals surface area (Å²) in [7, 11) is 0. The number of benzene rings is 1. The highest BCUT2D eigenvalue weighted by Crippen LogP contribution is 2.21. The van der Waals surface area contributed by atoms with E-state index in [-0.39, 0.29) is 5.91 Å². The topological polar surface area (TPSA) is 79.4 Å². The number of morpholine rings is 1. The number of para-hydroxylation sites is 1. The fourth-order valence-electron chi connectivity index (χ4n) is 3.09. The van der Waals surface area contributed by atoms with E-state index in [4.69, 9.17) is 4.74 Å². The fraction of sp³-hybridized carbons (Fsp3) is 0.450. The van der Waals surface area contributed by atoms with E-state index in [0.29, 0.717) is 11.5 Å². The van der Waals surface area contributed by atoms with Crippen molar-refractivity contribution in [2.45, 2.75) is 20.3 Å². The third kappa shape index (κ3) is 5.24. The maximum Gasteiger partial charge on any atom is 0.276 e. The molecule has 1 fully saturated rings. The monoisotopic (exact) mass is 369 g/mol. The maximum atomic E-state index is 12.5. The molecule has 7 heteroatoms. The molecule has 2 aromatic rings. The number of hydrogen-bond donors (Lipinski definition) is 2. The first-order valence-electron chi connectivity index (χ1n) is 9.45. The molecule has 1 aromatic carbocycles. The van der Waals surface area contributed by atoms with Gasteiger partial charge in [0.15, 0.2) is 5.69 Å². The minimum Gasteiger partial charge on any atom is -0.379 e. The second-order valence-corrected chi connectivity index (χ2v) is 6.60. The van der Waals surface area contributed by atoms with Gasteiger partial charge in [0.1, 0.15) is 5.82 Å². The van der Waals surface area contributed by atoms with Crippen molar-refractivity contribution in [2.24, 2.45) is 0 Å². The zero-order chi connectivity index (χ0) is 19.1. The van der Waals surface area contributed by atoms with Crippen molar-refractivity contribution in [3.63, 3.8) is 0 Å². The molecule has 1 saturated heterocycles. The van der Waals surface area contributed by atoms with Crippen molar-refractivity contribution in [3.8, 4) is 0 Å². The molecule has 1 aliphatic heterocycles. The van der Waals surface area contributed by atoms with E-state index in [1.165, 1.54) is 0 Å². The van der Waals surface area contributed by atoms with Gasteiger partial charge in [0.05, 0.1) is 13.2 Å². The molecule has 1 aliphatic rings. The van der Waals surface area contributed by atoms with Gasteiger partial charge in [-0.2, -0.15) is 0 Å². The van der Waals surface area contributed by atoms with Gasteiger partial charge in [-0.05, 0) is 36.6 Å². The van der Waals surface area contributed by atoms with Crippen molar-refractivity contribution < 1.29 is 9.53 Å². The second-order valence-electron chi connectivity index (χ2n) is 6.60. The van der Waals surface area contributed by atoms with E-state index in [9.17, 15) is 4.79 Å². The Balaban J connectivity index is 1.54. The van der Waals surface area contributed by atoms with Gasteiger partial charge >= 0.3 is 0 Å². The van der Waals surface area contributed by atoms with E-state index in [0.717, 1.165) is 62.6 Å². The van der Waals surface area contributed by atoms with Crippen molar-refractivity contribution in [1.29, 1.82) is 0 Å². The quantitative estimate of drug-likeness (QED) is 0.780. The normalized spacial score (nSPS) is 14.7. The molecule has 0 saturated carbocycles. The predicted molar refractivity (Wildman–Crippen MR) is 106 cm³/mol. The zero-order valence-electron chi connectivity index (χ0n) is 16.0. The van der Waals surface area contributed by atoms with E-state index in [2.05, 4.69) is 32.7 Å². The lowest BCUT2D eigenvalue weighted by atomic mass is 10.1. The maximum absolute atomic E-state index is 12.5. The first-order valence-corrected chi connectivity index (χ1v) is 9.45. The number of hydrogen-bond acceptors (Lipinski definition) is 6. The van der Waals surface area contributed by atoms with Crippen molar-refractivity contribution in [1.82, 2.24) is 15.1 Å². The molecule has 1 amide bonds. The number of nitrogens with zero attached hydrogens (tertiary/aromatic N) is 3. The van der Waals surface area contributed by atoms with Crippen LogP contribution in [-0.4, -0.2) is 60.4 Å². The van der Waals surface area contributed by atoms with Crippen LogP contribution in [0.1, 0.15) is 28.5 Å². The zero-order valence-corrected chi connectivity index (χ0v) is 16.0. The molecule has 2 N–H and O–H groups in total. The standard InChI is InChI=1S/C20H27N5O2/c1-3-16-6-4-5-15(2)19(16)22-20(26)17-7-8-18(24-23-17)21-9-10-25-11-13-27-14-12-25/h4-8H,3,9-14H2,1-2H3,(H,21,24)(H,22,26). The summed E-state index contributed by atoms with van der Waals surface area (Å²) in [4.78, 5) is 14.9. The molecule has 0 atom stereocenters. The molecule has 144 valence electrons. The van der Waals surface area contributed by atoms with Crippen LogP contribution < -0.4 is 10.6 Å². The SMILES string of the molecule is CCc1cccc(C)c1NC(=O)c1ccc(NCCN2CCOCC2)nn1. The lowest BCUT2D eigenvalue weighted by Gasteiger charge is -2.26. The summed E-state index contributed by atoms with van der Waals surface area (Å²) in [6.07, 6.45) is 0.856. The Hall–Kier alpha value is -2.51. The number of rotatable bonds is 7. The number of anilines is 2. The molecule has 0 aliphatic carbocycles. The van der Waals surface area contributed by atoms with Gasteiger partial charge in [-0.3, -0.25) is 9.69 Å². The molecule has 1 aromatic heterocycles. The van der Waals surface area contributed by atoms with E-state index < -0.39 is 0 Å². The Morgan fingerprint density at radius 2 is 2.00 bits per heavy atom. The average molecular weight is 369 g/mol. The Bertz CT molecular complexity index is 757. The predicted octanol–water partition coefficient (Wildman–Crippen LogP) is 2.34. The van der Waals surface area contributed by atoms with Gasteiger partial charge in [0, 0.05) is 31.9 Å². The summed E-state index contributed by atoms with van der Waals surface area (Å²) in [6, 6.07) is 9.50. The Kier molecular flexibility index (Phi) is 6.73. The van der Waals surface area contributed by atoms with Crippen LogP contribution in [0.5, 0.6) is 0 Å². The minimum atomic E-state index is -0.244. The highest BCUT2D eigenvalue weighted by Gasteiger charge is 2.13. The average Bonchev–Trinajstić information content (AvgIpc) is 2.71. The molecular formula is C20H27N5O2. The number of aromatic nitrogens is 2. The molecule has 0 unspecified atom stereocenters. The summed E-state index contributed by atoms with van der Waals surface area (Å²) in [6.45, 7) is 9.29. The number of amides is 1. The minimum absolute atomic E-state index is 0.244. The summed E-state index contributed by atoms with van der Waals surface area (Å²) in [5.74, 6) is 0.427. The van der Waals surface area contributed by atoms with Crippen LogP contribution in [0.2, 0.25) is 0 Å². The molecule has 3 rings (SSSR count).